The van der Waals surface area contributed by atoms with E-state index < -0.39 is 39.5 Å². The molecule has 0 radical (unpaired) electrons. The first-order valence-corrected chi connectivity index (χ1v) is 14.0. The van der Waals surface area contributed by atoms with Gasteiger partial charge in [0, 0.05) is 51.0 Å². The molecule has 210 valence electrons. The number of nitrogens with zero attached hydrogens (tertiary/aromatic N) is 2. The Kier molecular flexibility index (Phi) is 9.71. The predicted octanol–water partition coefficient (Wildman–Crippen LogP) is 3.57. The molecule has 1 fully saturated rings. The van der Waals surface area contributed by atoms with Gasteiger partial charge in [-0.2, -0.15) is 13.2 Å². The average molecular weight is 561 g/mol. The van der Waals surface area contributed by atoms with Gasteiger partial charge in [0.05, 0.1) is 12.2 Å². The lowest BCUT2D eigenvalue weighted by atomic mass is 9.97. The van der Waals surface area contributed by atoms with E-state index in [1.807, 2.05) is 0 Å². The molecular weight excluding hydrogens is 528 g/mol. The van der Waals surface area contributed by atoms with Crippen LogP contribution >= 0.6 is 0 Å². The number of carbonyl (C=O) groups is 1. The number of amides is 1. The summed E-state index contributed by atoms with van der Waals surface area (Å²) < 4.78 is 84.5. The quantitative estimate of drug-likeness (QED) is 0.431. The smallest absolute Gasteiger partial charge is 0.384 e. The highest BCUT2D eigenvalue weighted by atomic mass is 32.2. The van der Waals surface area contributed by atoms with Crippen molar-refractivity contribution < 1.29 is 35.5 Å². The van der Waals surface area contributed by atoms with Gasteiger partial charge in [-0.3, -0.25) is 4.79 Å². The van der Waals surface area contributed by atoms with E-state index in [-0.39, 0.29) is 24.5 Å². The second kappa shape index (κ2) is 12.4. The topological polar surface area (TPSA) is 101 Å². The minimum atomic E-state index is -4.60. The van der Waals surface area contributed by atoms with Crippen LogP contribution in [0.4, 0.5) is 23.4 Å². The van der Waals surface area contributed by atoms with Crippen LogP contribution < -0.4 is 14.9 Å². The van der Waals surface area contributed by atoms with Gasteiger partial charge in [0.25, 0.3) is 0 Å². The SMILES string of the molecule is COCC1CCN(c2nc(C(F)(F)F)ccc2CNC(=O)C(C)c2ccc(CNS(C)(=O)=O)c(F)c2)CC1. The Morgan fingerprint density at radius 1 is 1.16 bits per heavy atom. The summed E-state index contributed by atoms with van der Waals surface area (Å²) in [6.45, 7) is 2.91. The number of rotatable bonds is 10. The lowest BCUT2D eigenvalue weighted by Gasteiger charge is -2.34. The molecule has 1 aliphatic rings. The summed E-state index contributed by atoms with van der Waals surface area (Å²) in [5.41, 5.74) is -0.0661. The van der Waals surface area contributed by atoms with Gasteiger partial charge in [-0.05, 0) is 43.4 Å². The molecule has 0 saturated carbocycles. The van der Waals surface area contributed by atoms with E-state index in [0.717, 1.165) is 25.2 Å². The number of aromatic nitrogens is 1. The number of sulfonamides is 1. The number of carbonyl (C=O) groups excluding carboxylic acids is 1. The second-order valence-corrected chi connectivity index (χ2v) is 11.3. The van der Waals surface area contributed by atoms with E-state index >= 15 is 0 Å². The summed E-state index contributed by atoms with van der Waals surface area (Å²) in [5, 5.41) is 2.72. The number of alkyl halides is 3. The van der Waals surface area contributed by atoms with E-state index in [2.05, 4.69) is 15.0 Å². The Balaban J connectivity index is 1.72. The first kappa shape index (κ1) is 29.8. The minimum absolute atomic E-state index is 0.0551. The molecule has 1 aromatic carbocycles. The fourth-order valence-corrected chi connectivity index (χ4v) is 4.68. The molecular formula is C25H32F4N4O4S. The maximum absolute atomic E-state index is 14.5. The van der Waals surface area contributed by atoms with E-state index in [9.17, 15) is 30.8 Å². The summed E-state index contributed by atoms with van der Waals surface area (Å²) in [5.74, 6) is -1.38. The van der Waals surface area contributed by atoms with Crippen molar-refractivity contribution in [2.24, 2.45) is 5.92 Å². The van der Waals surface area contributed by atoms with Crippen molar-refractivity contribution in [1.29, 1.82) is 0 Å². The Morgan fingerprint density at radius 3 is 2.39 bits per heavy atom. The van der Waals surface area contributed by atoms with Crippen LogP contribution in [0.2, 0.25) is 0 Å². The van der Waals surface area contributed by atoms with Crippen molar-refractivity contribution in [3.63, 3.8) is 0 Å². The van der Waals surface area contributed by atoms with Crippen molar-refractivity contribution in [2.75, 3.05) is 38.0 Å². The van der Waals surface area contributed by atoms with Gasteiger partial charge < -0.3 is 15.0 Å². The standard InChI is InChI=1S/C25H32F4N4O4S/c1-16(18-4-5-19(21(26)12-18)14-31-38(3,35)36)24(34)30-13-20-6-7-22(25(27,28)29)32-23(20)33-10-8-17(9-11-33)15-37-2/h4-7,12,16-17,31H,8-11,13-15H2,1-3H3,(H,30,34). The average Bonchev–Trinajstić information content (AvgIpc) is 2.85. The van der Waals surface area contributed by atoms with Gasteiger partial charge in [0.15, 0.2) is 0 Å². The third kappa shape index (κ3) is 8.11. The van der Waals surface area contributed by atoms with Crippen molar-refractivity contribution >= 4 is 21.7 Å². The van der Waals surface area contributed by atoms with Crippen LogP contribution in [-0.4, -0.2) is 52.4 Å². The molecule has 2 N–H and O–H groups in total. The van der Waals surface area contributed by atoms with Gasteiger partial charge in [-0.1, -0.05) is 18.2 Å². The van der Waals surface area contributed by atoms with Crippen molar-refractivity contribution in [1.82, 2.24) is 15.0 Å². The van der Waals surface area contributed by atoms with Crippen LogP contribution in [0.25, 0.3) is 0 Å². The van der Waals surface area contributed by atoms with E-state index in [1.54, 1.807) is 18.9 Å². The largest absolute Gasteiger partial charge is 0.433 e. The Morgan fingerprint density at radius 2 is 1.82 bits per heavy atom. The normalized spacial score (nSPS) is 15.9. The number of piperidine rings is 1. The third-order valence-corrected chi connectivity index (χ3v) is 7.18. The highest BCUT2D eigenvalue weighted by Gasteiger charge is 2.34. The van der Waals surface area contributed by atoms with E-state index in [4.69, 9.17) is 4.74 Å². The molecule has 0 bridgehead atoms. The number of pyridine rings is 1. The zero-order valence-corrected chi connectivity index (χ0v) is 22.3. The van der Waals surface area contributed by atoms with Crippen LogP contribution in [0.3, 0.4) is 0 Å². The molecule has 1 atom stereocenters. The highest BCUT2D eigenvalue weighted by Crippen LogP contribution is 2.32. The van der Waals surface area contributed by atoms with E-state index in [0.29, 0.717) is 36.7 Å². The number of benzene rings is 1. The molecule has 1 aliphatic heterocycles. The Hall–Kier alpha value is -2.77. The number of methoxy groups -OCH3 is 1. The Labute approximate surface area is 219 Å². The van der Waals surface area contributed by atoms with Crippen LogP contribution in [0.15, 0.2) is 30.3 Å². The van der Waals surface area contributed by atoms with Crippen LogP contribution in [0, 0.1) is 11.7 Å². The van der Waals surface area contributed by atoms with Crippen LogP contribution in [-0.2, 0) is 38.8 Å². The maximum Gasteiger partial charge on any atom is 0.433 e. The van der Waals surface area contributed by atoms with E-state index in [1.165, 1.54) is 24.3 Å². The number of anilines is 1. The molecule has 1 amide bonds. The molecule has 38 heavy (non-hydrogen) atoms. The summed E-state index contributed by atoms with van der Waals surface area (Å²) in [4.78, 5) is 18.5. The van der Waals surface area contributed by atoms with Crippen LogP contribution in [0.1, 0.15) is 48.1 Å². The van der Waals surface area contributed by atoms with Gasteiger partial charge >= 0.3 is 6.18 Å². The lowest BCUT2D eigenvalue weighted by molar-refractivity contribution is -0.141. The molecule has 3 rings (SSSR count). The first-order valence-electron chi connectivity index (χ1n) is 12.1. The molecule has 2 aromatic rings. The molecule has 2 heterocycles. The zero-order chi connectivity index (χ0) is 28.1. The molecule has 8 nitrogen and oxygen atoms in total. The van der Waals surface area contributed by atoms with Gasteiger partial charge in [-0.25, -0.2) is 22.5 Å². The second-order valence-electron chi connectivity index (χ2n) is 9.45. The molecule has 1 aromatic heterocycles. The van der Waals surface area contributed by atoms with Gasteiger partial charge in [0.2, 0.25) is 15.9 Å². The first-order chi connectivity index (χ1) is 17.8. The van der Waals surface area contributed by atoms with Gasteiger partial charge in [-0.15, -0.1) is 0 Å². The van der Waals surface area contributed by atoms with Crippen molar-refractivity contribution in [3.8, 4) is 0 Å². The number of hydrogen-bond acceptors (Lipinski definition) is 6. The lowest BCUT2D eigenvalue weighted by Crippen LogP contribution is -2.37. The number of halogens is 4. The predicted molar refractivity (Wildman–Crippen MR) is 134 cm³/mol. The van der Waals surface area contributed by atoms with Gasteiger partial charge in [0.1, 0.15) is 17.3 Å². The van der Waals surface area contributed by atoms with Crippen molar-refractivity contribution in [2.45, 2.75) is 44.9 Å². The number of nitrogens with one attached hydrogen (secondary N) is 2. The minimum Gasteiger partial charge on any atom is -0.384 e. The molecule has 13 heteroatoms. The fourth-order valence-electron chi connectivity index (χ4n) is 4.27. The summed E-state index contributed by atoms with van der Waals surface area (Å²) >= 11 is 0. The summed E-state index contributed by atoms with van der Waals surface area (Å²) in [6.07, 6.45) is -2.15. The highest BCUT2D eigenvalue weighted by molar-refractivity contribution is 7.88. The monoisotopic (exact) mass is 560 g/mol. The Bertz CT molecular complexity index is 1230. The summed E-state index contributed by atoms with van der Waals surface area (Å²) in [7, 11) is -1.89. The number of ether oxygens (including phenoxy) is 1. The molecule has 1 unspecified atom stereocenters. The maximum atomic E-state index is 14.5. The molecule has 1 saturated heterocycles. The summed E-state index contributed by atoms with van der Waals surface area (Å²) in [6, 6.07) is 6.31. The fraction of sp³-hybridized carbons (Fsp3) is 0.520. The number of hydrogen-bond donors (Lipinski definition) is 2. The zero-order valence-electron chi connectivity index (χ0n) is 21.4. The van der Waals surface area contributed by atoms with Crippen LogP contribution in [0.5, 0.6) is 0 Å². The molecule has 0 aliphatic carbocycles. The molecule has 0 spiro atoms. The third-order valence-electron chi connectivity index (χ3n) is 6.51. The van der Waals surface area contributed by atoms with Crippen molar-refractivity contribution in [3.05, 3.63) is 58.5 Å².